The summed E-state index contributed by atoms with van der Waals surface area (Å²) in [4.78, 5) is 3.97. The number of rotatable bonds is 5. The molecule has 22 heavy (non-hydrogen) atoms. The fourth-order valence-electron chi connectivity index (χ4n) is 2.55. The third kappa shape index (κ3) is 3.97. The lowest BCUT2D eigenvalue weighted by Crippen LogP contribution is -2.30. The normalized spacial score (nSPS) is 20.8. The summed E-state index contributed by atoms with van der Waals surface area (Å²) in [5.74, 6) is 0.257. The largest absolute Gasteiger partial charge is 0.391 e. The lowest BCUT2D eigenvalue weighted by Gasteiger charge is -2.15. The van der Waals surface area contributed by atoms with E-state index in [0.29, 0.717) is 18.1 Å². The van der Waals surface area contributed by atoms with Crippen LogP contribution in [-0.4, -0.2) is 45.6 Å². The molecule has 1 aliphatic rings. The van der Waals surface area contributed by atoms with Crippen LogP contribution in [0.15, 0.2) is 30.9 Å². The zero-order valence-electron chi connectivity index (χ0n) is 11.9. The predicted octanol–water partition coefficient (Wildman–Crippen LogP) is 1.01. The number of hydrogen-bond acceptors (Lipinski definition) is 5. The molecule has 3 N–H and O–H groups in total. The molecule has 1 aromatic heterocycles. The van der Waals surface area contributed by atoms with Crippen molar-refractivity contribution >= 4 is 24.0 Å². The van der Waals surface area contributed by atoms with Crippen LogP contribution in [0.4, 0.5) is 0 Å². The van der Waals surface area contributed by atoms with Gasteiger partial charge in [0, 0.05) is 37.1 Å². The molecule has 120 valence electrons. The minimum Gasteiger partial charge on any atom is -0.391 e. The number of benzene rings is 1. The summed E-state index contributed by atoms with van der Waals surface area (Å²) < 4.78 is 1.70. The molecule has 3 rings (SSSR count). The maximum atomic E-state index is 9.79. The molecule has 0 spiro atoms. The number of halogens is 2. The predicted molar refractivity (Wildman–Crippen MR) is 87.7 cm³/mol. The first-order chi connectivity index (χ1) is 10.2. The molecule has 1 aromatic carbocycles. The van der Waals surface area contributed by atoms with Gasteiger partial charge in [0.05, 0.1) is 11.8 Å². The average Bonchev–Trinajstić information content (AvgIpc) is 3.13. The van der Waals surface area contributed by atoms with E-state index in [2.05, 4.69) is 20.7 Å². The van der Waals surface area contributed by atoms with E-state index in [-0.39, 0.29) is 24.4 Å². The highest BCUT2D eigenvalue weighted by molar-refractivity contribution is 6.30. The van der Waals surface area contributed by atoms with Crippen LogP contribution in [0.1, 0.15) is 5.56 Å². The molecular weight excluding hydrogens is 325 g/mol. The van der Waals surface area contributed by atoms with E-state index in [4.69, 9.17) is 11.6 Å². The molecule has 0 aliphatic carbocycles. The molecule has 2 atom stereocenters. The summed E-state index contributed by atoms with van der Waals surface area (Å²) in [5.41, 5.74) is 2.00. The number of nitrogens with zero attached hydrogens (tertiary/aromatic N) is 3. The number of aromatic nitrogens is 3. The van der Waals surface area contributed by atoms with E-state index >= 15 is 0 Å². The Kier molecular flexibility index (Phi) is 6.16. The molecule has 2 heterocycles. The van der Waals surface area contributed by atoms with Gasteiger partial charge in [0.25, 0.3) is 0 Å². The Morgan fingerprint density at radius 1 is 1.41 bits per heavy atom. The van der Waals surface area contributed by atoms with Crippen LogP contribution in [0.5, 0.6) is 0 Å². The Balaban J connectivity index is 0.00000176. The lowest BCUT2D eigenvalue weighted by molar-refractivity contribution is 0.146. The van der Waals surface area contributed by atoms with Crippen molar-refractivity contribution in [1.82, 2.24) is 25.4 Å². The monoisotopic (exact) mass is 343 g/mol. The molecule has 8 heteroatoms. The van der Waals surface area contributed by atoms with Crippen molar-refractivity contribution in [2.75, 3.05) is 19.6 Å². The van der Waals surface area contributed by atoms with Gasteiger partial charge in [-0.2, -0.15) is 5.10 Å². The zero-order chi connectivity index (χ0) is 14.7. The fourth-order valence-corrected chi connectivity index (χ4v) is 2.72. The summed E-state index contributed by atoms with van der Waals surface area (Å²) in [6, 6.07) is 5.72. The van der Waals surface area contributed by atoms with Crippen molar-refractivity contribution in [3.05, 3.63) is 41.4 Å². The second kappa shape index (κ2) is 7.89. The van der Waals surface area contributed by atoms with E-state index in [0.717, 1.165) is 24.3 Å². The zero-order valence-corrected chi connectivity index (χ0v) is 13.5. The second-order valence-corrected chi connectivity index (χ2v) is 5.67. The minimum atomic E-state index is -0.266. The highest BCUT2D eigenvalue weighted by Crippen LogP contribution is 2.19. The van der Waals surface area contributed by atoms with Gasteiger partial charge in [-0.05, 0) is 17.7 Å². The quantitative estimate of drug-likeness (QED) is 0.755. The van der Waals surface area contributed by atoms with Crippen LogP contribution < -0.4 is 10.6 Å². The Morgan fingerprint density at radius 3 is 2.95 bits per heavy atom. The van der Waals surface area contributed by atoms with Gasteiger partial charge in [0.1, 0.15) is 12.7 Å². The highest BCUT2D eigenvalue weighted by atomic mass is 35.5. The first-order valence-corrected chi connectivity index (χ1v) is 7.35. The summed E-state index contributed by atoms with van der Waals surface area (Å²) in [6.07, 6.45) is 2.89. The van der Waals surface area contributed by atoms with Crippen molar-refractivity contribution in [3.63, 3.8) is 0 Å². The fraction of sp³-hybridized carbons (Fsp3) is 0.429. The SMILES string of the molecule is Cl.OC1CNCC1CNCc1ccc(Cl)cc1-n1cncn1. The molecule has 6 nitrogen and oxygen atoms in total. The number of β-amino-alcohol motifs (C(OH)–C–C–N with tert-alkyl or cyclic N) is 1. The van der Waals surface area contributed by atoms with Gasteiger partial charge >= 0.3 is 0 Å². The number of hydrogen-bond donors (Lipinski definition) is 3. The van der Waals surface area contributed by atoms with Crippen molar-refractivity contribution in [2.45, 2.75) is 12.6 Å². The van der Waals surface area contributed by atoms with Crippen molar-refractivity contribution < 1.29 is 5.11 Å². The van der Waals surface area contributed by atoms with Crippen LogP contribution >= 0.6 is 24.0 Å². The van der Waals surface area contributed by atoms with Crippen LogP contribution in [0, 0.1) is 5.92 Å². The maximum Gasteiger partial charge on any atom is 0.138 e. The van der Waals surface area contributed by atoms with Crippen molar-refractivity contribution in [3.8, 4) is 5.69 Å². The second-order valence-electron chi connectivity index (χ2n) is 5.23. The summed E-state index contributed by atoms with van der Waals surface area (Å²) in [7, 11) is 0. The first-order valence-electron chi connectivity index (χ1n) is 6.97. The van der Waals surface area contributed by atoms with Gasteiger partial charge in [0.2, 0.25) is 0 Å². The maximum absolute atomic E-state index is 9.79. The van der Waals surface area contributed by atoms with Gasteiger partial charge < -0.3 is 15.7 Å². The third-order valence-corrected chi connectivity index (χ3v) is 3.97. The lowest BCUT2D eigenvalue weighted by atomic mass is 10.1. The van der Waals surface area contributed by atoms with E-state index in [1.807, 2.05) is 18.2 Å². The van der Waals surface area contributed by atoms with E-state index < -0.39 is 0 Å². The van der Waals surface area contributed by atoms with Gasteiger partial charge in [-0.3, -0.25) is 0 Å². The Labute approximate surface area is 140 Å². The van der Waals surface area contributed by atoms with E-state index in [1.165, 1.54) is 6.33 Å². The molecular formula is C14H19Cl2N5O. The highest BCUT2D eigenvalue weighted by Gasteiger charge is 2.24. The first kappa shape index (κ1) is 17.2. The van der Waals surface area contributed by atoms with Crippen LogP contribution in [0.2, 0.25) is 5.02 Å². The Bertz CT molecular complexity index is 593. The van der Waals surface area contributed by atoms with Crippen molar-refractivity contribution in [1.29, 1.82) is 0 Å². The molecule has 0 amide bonds. The van der Waals surface area contributed by atoms with Gasteiger partial charge in [0.15, 0.2) is 0 Å². The smallest absolute Gasteiger partial charge is 0.138 e. The molecule has 1 fully saturated rings. The number of aliphatic hydroxyl groups excluding tert-OH is 1. The summed E-state index contributed by atoms with van der Waals surface area (Å²) >= 11 is 6.07. The Morgan fingerprint density at radius 2 is 2.27 bits per heavy atom. The number of nitrogens with one attached hydrogen (secondary N) is 2. The van der Waals surface area contributed by atoms with Gasteiger partial charge in [-0.25, -0.2) is 9.67 Å². The molecule has 0 bridgehead atoms. The topological polar surface area (TPSA) is 75.0 Å². The van der Waals surface area contributed by atoms with Gasteiger partial charge in [-0.15, -0.1) is 12.4 Å². The average molecular weight is 344 g/mol. The molecule has 1 aliphatic heterocycles. The van der Waals surface area contributed by atoms with Crippen LogP contribution in [0.25, 0.3) is 5.69 Å². The molecule has 0 saturated carbocycles. The summed E-state index contributed by atoms with van der Waals surface area (Å²) in [5, 5.41) is 21.2. The van der Waals surface area contributed by atoms with E-state index in [1.54, 1.807) is 11.0 Å². The molecule has 1 saturated heterocycles. The third-order valence-electron chi connectivity index (χ3n) is 3.74. The van der Waals surface area contributed by atoms with Crippen molar-refractivity contribution in [2.24, 2.45) is 5.92 Å². The van der Waals surface area contributed by atoms with E-state index in [9.17, 15) is 5.11 Å². The minimum absolute atomic E-state index is 0. The van der Waals surface area contributed by atoms with Crippen LogP contribution in [-0.2, 0) is 6.54 Å². The summed E-state index contributed by atoms with van der Waals surface area (Å²) in [6.45, 7) is 2.99. The molecule has 2 aromatic rings. The standard InChI is InChI=1S/C14H18ClN5O.ClH/c15-12-2-1-10(13(3-12)20-9-18-8-19-20)4-16-5-11-6-17-7-14(11)21;/h1-3,8-9,11,14,16-17,21H,4-7H2;1H. The number of aliphatic hydroxyl groups is 1. The molecule has 0 radical (unpaired) electrons. The Hall–Kier alpha value is -1.18. The molecule has 2 unspecified atom stereocenters. The van der Waals surface area contributed by atoms with Gasteiger partial charge in [-0.1, -0.05) is 17.7 Å². The van der Waals surface area contributed by atoms with Crippen LogP contribution in [0.3, 0.4) is 0 Å².